The minimum atomic E-state index is -0.380. The van der Waals surface area contributed by atoms with Gasteiger partial charge in [-0.3, -0.25) is 0 Å². The van der Waals surface area contributed by atoms with E-state index in [1.54, 1.807) is 6.07 Å². The molecule has 4 heteroatoms. The fraction of sp³-hybridized carbons (Fsp3) is 0. The summed E-state index contributed by atoms with van der Waals surface area (Å²) in [5.74, 6) is 0. The zero-order chi connectivity index (χ0) is 16.5. The second-order valence-electron chi connectivity index (χ2n) is 5.40. The molecule has 0 saturated carbocycles. The second-order valence-corrected chi connectivity index (χ2v) is 6.32. The van der Waals surface area contributed by atoms with Crippen molar-refractivity contribution in [3.05, 3.63) is 87.7 Å². The minimum absolute atomic E-state index is 0.380. The molecule has 0 aliphatic heterocycles. The first kappa shape index (κ1) is 14.8. The van der Waals surface area contributed by atoms with Gasteiger partial charge in [0.2, 0.25) is 0 Å². The van der Waals surface area contributed by atoms with E-state index in [0.717, 1.165) is 21.1 Å². The van der Waals surface area contributed by atoms with Crippen LogP contribution in [0.4, 0.5) is 0 Å². The Hall–Kier alpha value is -2.72. The largest absolute Gasteiger partial charge is 0.422 e. The fourth-order valence-corrected chi connectivity index (χ4v) is 2.87. The first-order valence-corrected chi connectivity index (χ1v) is 8.26. The van der Waals surface area contributed by atoms with E-state index < -0.39 is 0 Å². The smallest absolute Gasteiger partial charge is 0.345 e. The van der Waals surface area contributed by atoms with E-state index >= 15 is 0 Å². The molecule has 2 heterocycles. The number of para-hydroxylation sites is 1. The lowest BCUT2D eigenvalue weighted by Gasteiger charge is -2.05. The third-order valence-electron chi connectivity index (χ3n) is 3.81. The summed E-state index contributed by atoms with van der Waals surface area (Å²) in [6.07, 6.45) is 0. The lowest BCUT2D eigenvalue weighted by atomic mass is 10.1. The Bertz CT molecular complexity index is 1080. The van der Waals surface area contributed by atoms with E-state index in [9.17, 15) is 4.79 Å². The molecule has 4 aromatic rings. The Balaban J connectivity index is 1.85. The molecule has 24 heavy (non-hydrogen) atoms. The molecular weight excluding hydrogens is 366 g/mol. The van der Waals surface area contributed by atoms with Gasteiger partial charge in [-0.05, 0) is 36.4 Å². The molecule has 0 amide bonds. The summed E-state index contributed by atoms with van der Waals surface area (Å²) in [6, 6.07) is 22.8. The van der Waals surface area contributed by atoms with Crippen LogP contribution in [0.25, 0.3) is 33.5 Å². The van der Waals surface area contributed by atoms with Gasteiger partial charge in [-0.2, -0.15) is 0 Å². The van der Waals surface area contributed by atoms with E-state index in [2.05, 4.69) is 20.9 Å². The molecule has 0 spiro atoms. The van der Waals surface area contributed by atoms with Crippen LogP contribution in [-0.4, -0.2) is 4.98 Å². The zero-order valence-electron chi connectivity index (χ0n) is 12.6. The Kier molecular flexibility index (Phi) is 3.75. The van der Waals surface area contributed by atoms with E-state index in [1.807, 2.05) is 66.7 Å². The van der Waals surface area contributed by atoms with Gasteiger partial charge >= 0.3 is 5.63 Å². The maximum atomic E-state index is 12.3. The molecule has 116 valence electrons. The molecule has 0 atom stereocenters. The minimum Gasteiger partial charge on any atom is -0.422 e. The van der Waals surface area contributed by atoms with Crippen LogP contribution in [0.5, 0.6) is 0 Å². The summed E-state index contributed by atoms with van der Waals surface area (Å²) in [7, 11) is 0. The quantitative estimate of drug-likeness (QED) is 0.446. The van der Waals surface area contributed by atoms with Crippen LogP contribution in [0.3, 0.4) is 0 Å². The van der Waals surface area contributed by atoms with Gasteiger partial charge < -0.3 is 4.42 Å². The summed E-state index contributed by atoms with van der Waals surface area (Å²) >= 11 is 3.43. The highest BCUT2D eigenvalue weighted by atomic mass is 79.9. The Morgan fingerprint density at radius 3 is 2.42 bits per heavy atom. The molecular formula is C20H12BrNO2. The fourth-order valence-electron chi connectivity index (χ4n) is 2.61. The number of benzene rings is 2. The number of hydrogen-bond acceptors (Lipinski definition) is 3. The van der Waals surface area contributed by atoms with Gasteiger partial charge in [-0.1, -0.05) is 52.3 Å². The normalized spacial score (nSPS) is 10.9. The maximum absolute atomic E-state index is 12.3. The van der Waals surface area contributed by atoms with Crippen molar-refractivity contribution in [2.45, 2.75) is 0 Å². The number of fused-ring (bicyclic) bond motifs is 1. The molecule has 4 rings (SSSR count). The summed E-state index contributed by atoms with van der Waals surface area (Å²) in [5, 5.41) is 0.878. The van der Waals surface area contributed by atoms with Gasteiger partial charge in [-0.25, -0.2) is 9.78 Å². The molecule has 0 aliphatic rings. The molecule has 0 aliphatic carbocycles. The highest BCUT2D eigenvalue weighted by molar-refractivity contribution is 9.10. The van der Waals surface area contributed by atoms with Crippen molar-refractivity contribution in [1.29, 1.82) is 0 Å². The molecule has 0 radical (unpaired) electrons. The average molecular weight is 378 g/mol. The predicted octanol–water partition coefficient (Wildman–Crippen LogP) is 5.28. The van der Waals surface area contributed by atoms with Crippen molar-refractivity contribution >= 4 is 26.9 Å². The standard InChI is InChI=1S/C20H12BrNO2/c21-15-10-8-13(9-11-15)17-5-3-6-18(22-17)16-12-14-4-1-2-7-19(14)24-20(16)23/h1-12H. The van der Waals surface area contributed by atoms with E-state index in [0.29, 0.717) is 16.8 Å². The van der Waals surface area contributed by atoms with E-state index in [4.69, 9.17) is 4.42 Å². The highest BCUT2D eigenvalue weighted by Gasteiger charge is 2.10. The molecule has 0 unspecified atom stereocenters. The Morgan fingerprint density at radius 2 is 1.58 bits per heavy atom. The van der Waals surface area contributed by atoms with E-state index in [-0.39, 0.29) is 5.63 Å². The van der Waals surface area contributed by atoms with Gasteiger partial charge in [-0.15, -0.1) is 0 Å². The van der Waals surface area contributed by atoms with Crippen LogP contribution in [0.2, 0.25) is 0 Å². The Labute approximate surface area is 146 Å². The zero-order valence-corrected chi connectivity index (χ0v) is 14.2. The summed E-state index contributed by atoms with van der Waals surface area (Å²) in [4.78, 5) is 16.9. The topological polar surface area (TPSA) is 43.1 Å². The summed E-state index contributed by atoms with van der Waals surface area (Å²) in [5.41, 5.74) is 3.07. The third kappa shape index (κ3) is 2.76. The molecule has 0 saturated heterocycles. The van der Waals surface area contributed by atoms with Gasteiger partial charge in [0.15, 0.2) is 0 Å². The molecule has 0 bridgehead atoms. The van der Waals surface area contributed by atoms with Crippen LogP contribution in [0, 0.1) is 0 Å². The summed E-state index contributed by atoms with van der Waals surface area (Å²) < 4.78 is 6.42. The van der Waals surface area contributed by atoms with Gasteiger partial charge in [0.05, 0.1) is 17.0 Å². The average Bonchev–Trinajstić information content (AvgIpc) is 2.62. The Morgan fingerprint density at radius 1 is 0.833 bits per heavy atom. The molecule has 0 fully saturated rings. The van der Waals surface area contributed by atoms with Crippen LogP contribution >= 0.6 is 15.9 Å². The molecule has 2 aromatic carbocycles. The number of aromatic nitrogens is 1. The number of halogens is 1. The maximum Gasteiger partial charge on any atom is 0.345 e. The van der Waals surface area contributed by atoms with Crippen molar-refractivity contribution in [3.63, 3.8) is 0 Å². The van der Waals surface area contributed by atoms with Crippen LogP contribution < -0.4 is 5.63 Å². The number of hydrogen-bond donors (Lipinski definition) is 0. The van der Waals surface area contributed by atoms with E-state index in [1.165, 1.54) is 0 Å². The van der Waals surface area contributed by atoms with Crippen LogP contribution in [0.15, 0.2) is 86.5 Å². The van der Waals surface area contributed by atoms with Crippen molar-refractivity contribution in [2.24, 2.45) is 0 Å². The monoisotopic (exact) mass is 377 g/mol. The van der Waals surface area contributed by atoms with Gasteiger partial charge in [0.1, 0.15) is 5.58 Å². The third-order valence-corrected chi connectivity index (χ3v) is 4.34. The number of pyridine rings is 1. The van der Waals surface area contributed by atoms with Crippen LogP contribution in [0.1, 0.15) is 0 Å². The SMILES string of the molecule is O=c1oc2ccccc2cc1-c1cccc(-c2ccc(Br)cc2)n1. The van der Waals surface area contributed by atoms with Gasteiger partial charge in [0.25, 0.3) is 0 Å². The first-order valence-electron chi connectivity index (χ1n) is 7.47. The highest BCUT2D eigenvalue weighted by Crippen LogP contribution is 2.24. The lowest BCUT2D eigenvalue weighted by Crippen LogP contribution is -2.04. The predicted molar refractivity (Wildman–Crippen MR) is 98.9 cm³/mol. The van der Waals surface area contributed by atoms with Crippen molar-refractivity contribution in [1.82, 2.24) is 4.98 Å². The van der Waals surface area contributed by atoms with Gasteiger partial charge in [0, 0.05) is 15.4 Å². The second kappa shape index (κ2) is 6.06. The van der Waals surface area contributed by atoms with Crippen molar-refractivity contribution in [2.75, 3.05) is 0 Å². The lowest BCUT2D eigenvalue weighted by molar-refractivity contribution is 0.563. The molecule has 0 N–H and O–H groups in total. The summed E-state index contributed by atoms with van der Waals surface area (Å²) in [6.45, 7) is 0. The molecule has 2 aromatic heterocycles. The van der Waals surface area contributed by atoms with Crippen molar-refractivity contribution < 1.29 is 4.42 Å². The van der Waals surface area contributed by atoms with Crippen molar-refractivity contribution in [3.8, 4) is 22.5 Å². The number of nitrogens with zero attached hydrogens (tertiary/aromatic N) is 1. The number of rotatable bonds is 2. The van der Waals surface area contributed by atoms with Crippen LogP contribution in [-0.2, 0) is 0 Å². The first-order chi connectivity index (χ1) is 11.7. The molecule has 3 nitrogen and oxygen atoms in total.